The van der Waals surface area contributed by atoms with Crippen molar-refractivity contribution in [2.75, 3.05) is 39.5 Å². The van der Waals surface area contributed by atoms with Crippen LogP contribution in [0, 0.1) is 5.92 Å². The Morgan fingerprint density at radius 1 is 1.20 bits per heavy atom. The smallest absolute Gasteiger partial charge is 0.410 e. The number of rotatable bonds is 5. The summed E-state index contributed by atoms with van der Waals surface area (Å²) in [6.45, 7) is 0.634. The van der Waals surface area contributed by atoms with Gasteiger partial charge in [-0.05, 0) is 5.56 Å². The minimum Gasteiger partial charge on any atom is -0.463 e. The monoisotopic (exact) mass is 351 g/mol. The maximum atomic E-state index is 12.3. The molecule has 8 heteroatoms. The van der Waals surface area contributed by atoms with Gasteiger partial charge in [0.25, 0.3) is 0 Å². The largest absolute Gasteiger partial charge is 0.463 e. The molecule has 25 heavy (non-hydrogen) atoms. The molecule has 2 saturated heterocycles. The molecule has 1 N–H and O–H groups in total. The van der Waals surface area contributed by atoms with E-state index in [4.69, 9.17) is 24.1 Å². The molecule has 136 valence electrons. The van der Waals surface area contributed by atoms with Crippen molar-refractivity contribution in [3.63, 3.8) is 0 Å². The average molecular weight is 351 g/mol. The van der Waals surface area contributed by atoms with Crippen molar-refractivity contribution in [2.45, 2.75) is 12.4 Å². The molecule has 2 aliphatic heterocycles. The van der Waals surface area contributed by atoms with Gasteiger partial charge in [-0.2, -0.15) is 0 Å². The number of likely N-dealkylation sites (tertiary alicyclic amines) is 1. The minimum atomic E-state index is -1.20. The molecule has 1 unspecified atom stereocenters. The van der Waals surface area contributed by atoms with Crippen molar-refractivity contribution in [2.24, 2.45) is 5.92 Å². The van der Waals surface area contributed by atoms with Crippen molar-refractivity contribution in [3.8, 4) is 0 Å². The van der Waals surface area contributed by atoms with Gasteiger partial charge in [-0.25, -0.2) is 4.79 Å². The lowest BCUT2D eigenvalue weighted by Gasteiger charge is -2.26. The van der Waals surface area contributed by atoms with Crippen LogP contribution in [0.25, 0.3) is 0 Å². The second-order valence-corrected chi connectivity index (χ2v) is 5.87. The van der Waals surface area contributed by atoms with Crippen LogP contribution in [0.1, 0.15) is 5.56 Å². The van der Waals surface area contributed by atoms with E-state index >= 15 is 0 Å². The lowest BCUT2D eigenvalue weighted by molar-refractivity contribution is -0.193. The topological polar surface area (TPSA) is 94.5 Å². The van der Waals surface area contributed by atoms with Gasteiger partial charge in [0.2, 0.25) is 5.79 Å². The number of amides is 1. The first-order valence-corrected chi connectivity index (χ1v) is 8.16. The van der Waals surface area contributed by atoms with Gasteiger partial charge in [0.1, 0.15) is 19.1 Å². The van der Waals surface area contributed by atoms with Crippen LogP contribution in [0.2, 0.25) is 0 Å². The van der Waals surface area contributed by atoms with Gasteiger partial charge >= 0.3 is 12.1 Å². The van der Waals surface area contributed by atoms with Crippen molar-refractivity contribution in [1.82, 2.24) is 4.90 Å². The number of carbonyl (C=O) groups excluding carboxylic acids is 2. The summed E-state index contributed by atoms with van der Waals surface area (Å²) in [7, 11) is 0. The van der Waals surface area contributed by atoms with E-state index < -0.39 is 23.8 Å². The fourth-order valence-corrected chi connectivity index (χ4v) is 3.01. The zero-order chi connectivity index (χ0) is 17.7. The molecule has 1 aromatic carbocycles. The van der Waals surface area contributed by atoms with Crippen molar-refractivity contribution in [3.05, 3.63) is 35.9 Å². The zero-order valence-corrected chi connectivity index (χ0v) is 13.8. The third kappa shape index (κ3) is 3.92. The van der Waals surface area contributed by atoms with E-state index in [0.29, 0.717) is 13.2 Å². The molecule has 2 fully saturated rings. The lowest BCUT2D eigenvalue weighted by Crippen LogP contribution is -2.44. The Bertz CT molecular complexity index is 600. The fraction of sp³-hybridized carbons (Fsp3) is 0.529. The summed E-state index contributed by atoms with van der Waals surface area (Å²) < 4.78 is 21.5. The van der Waals surface area contributed by atoms with Crippen LogP contribution in [0.4, 0.5) is 4.79 Å². The number of esters is 1. The summed E-state index contributed by atoms with van der Waals surface area (Å²) in [5, 5.41) is 8.81. The predicted molar refractivity (Wildman–Crippen MR) is 84.4 cm³/mol. The van der Waals surface area contributed by atoms with E-state index in [2.05, 4.69) is 0 Å². The third-order valence-corrected chi connectivity index (χ3v) is 4.20. The van der Waals surface area contributed by atoms with E-state index in [1.165, 1.54) is 4.90 Å². The number of aliphatic hydroxyl groups is 1. The molecule has 3 rings (SSSR count). The highest BCUT2D eigenvalue weighted by atomic mass is 16.7. The fourth-order valence-electron chi connectivity index (χ4n) is 3.01. The second-order valence-electron chi connectivity index (χ2n) is 5.87. The standard InChI is InChI=1S/C17H21NO7/c19-6-7-22-15(20)14-10-18(12-17(14)24-8-9-25-17)16(21)23-11-13-4-2-1-3-5-13/h1-5,14,19H,6-12H2. The summed E-state index contributed by atoms with van der Waals surface area (Å²) >= 11 is 0. The van der Waals surface area contributed by atoms with Gasteiger partial charge < -0.3 is 29.0 Å². The summed E-state index contributed by atoms with van der Waals surface area (Å²) in [5.74, 6) is -2.53. The summed E-state index contributed by atoms with van der Waals surface area (Å²) in [5.41, 5.74) is 0.872. The highest BCUT2D eigenvalue weighted by Gasteiger charge is 2.57. The molecule has 0 aliphatic carbocycles. The van der Waals surface area contributed by atoms with Crippen molar-refractivity contribution < 1.29 is 33.6 Å². The number of benzene rings is 1. The number of hydrogen-bond donors (Lipinski definition) is 1. The number of hydrogen-bond acceptors (Lipinski definition) is 7. The summed E-state index contributed by atoms with van der Waals surface area (Å²) in [6, 6.07) is 9.32. The SMILES string of the molecule is O=C(OCCO)C1CN(C(=O)OCc2ccccc2)CC12OCCO2. The molecule has 0 radical (unpaired) electrons. The van der Waals surface area contributed by atoms with Crippen LogP contribution in [-0.2, 0) is 30.3 Å². The first-order valence-electron chi connectivity index (χ1n) is 8.16. The molecule has 1 atom stereocenters. The Labute approximate surface area is 145 Å². The molecule has 2 aliphatic rings. The van der Waals surface area contributed by atoms with E-state index in [0.717, 1.165) is 5.56 Å². The molecule has 8 nitrogen and oxygen atoms in total. The molecular weight excluding hydrogens is 330 g/mol. The van der Waals surface area contributed by atoms with E-state index in [1.54, 1.807) is 0 Å². The van der Waals surface area contributed by atoms with Crippen LogP contribution in [0.15, 0.2) is 30.3 Å². The van der Waals surface area contributed by atoms with E-state index in [1.807, 2.05) is 30.3 Å². The number of ether oxygens (including phenoxy) is 4. The van der Waals surface area contributed by atoms with Crippen LogP contribution in [0.5, 0.6) is 0 Å². The van der Waals surface area contributed by atoms with Gasteiger partial charge in [-0.1, -0.05) is 30.3 Å². The van der Waals surface area contributed by atoms with Crippen molar-refractivity contribution >= 4 is 12.1 Å². The first-order chi connectivity index (χ1) is 12.1. The lowest BCUT2D eigenvalue weighted by atomic mass is 10.0. The van der Waals surface area contributed by atoms with Crippen LogP contribution in [0.3, 0.4) is 0 Å². The number of aliphatic hydroxyl groups excluding tert-OH is 1. The summed E-state index contributed by atoms with van der Waals surface area (Å²) in [6.07, 6.45) is -0.542. The van der Waals surface area contributed by atoms with Gasteiger partial charge in [0, 0.05) is 6.54 Å². The van der Waals surface area contributed by atoms with Gasteiger partial charge in [0.05, 0.1) is 26.4 Å². The summed E-state index contributed by atoms with van der Waals surface area (Å²) in [4.78, 5) is 26.0. The molecule has 1 amide bonds. The normalized spacial score (nSPS) is 21.5. The Hall–Kier alpha value is -2.16. The molecule has 1 spiro atoms. The van der Waals surface area contributed by atoms with E-state index in [9.17, 15) is 9.59 Å². The van der Waals surface area contributed by atoms with Crippen molar-refractivity contribution in [1.29, 1.82) is 0 Å². The first kappa shape index (κ1) is 17.7. The highest BCUT2D eigenvalue weighted by Crippen LogP contribution is 2.36. The van der Waals surface area contributed by atoms with Gasteiger partial charge in [-0.15, -0.1) is 0 Å². The van der Waals surface area contributed by atoms with Crippen LogP contribution < -0.4 is 0 Å². The third-order valence-electron chi connectivity index (χ3n) is 4.20. The minimum absolute atomic E-state index is 0.0812. The van der Waals surface area contributed by atoms with Gasteiger partial charge in [0.15, 0.2) is 0 Å². The number of carbonyl (C=O) groups is 2. The predicted octanol–water partition coefficient (Wildman–Crippen LogP) is 0.534. The average Bonchev–Trinajstić information content (AvgIpc) is 3.26. The Morgan fingerprint density at radius 2 is 1.92 bits per heavy atom. The quantitative estimate of drug-likeness (QED) is 0.774. The second kappa shape index (κ2) is 7.81. The molecular formula is C17H21NO7. The van der Waals surface area contributed by atoms with Gasteiger partial charge in [-0.3, -0.25) is 4.79 Å². The van der Waals surface area contributed by atoms with E-state index in [-0.39, 0.29) is 32.9 Å². The Kier molecular flexibility index (Phi) is 5.52. The number of nitrogens with zero attached hydrogens (tertiary/aromatic N) is 1. The maximum absolute atomic E-state index is 12.3. The molecule has 0 aromatic heterocycles. The molecule has 2 heterocycles. The Morgan fingerprint density at radius 3 is 2.60 bits per heavy atom. The zero-order valence-electron chi connectivity index (χ0n) is 13.8. The maximum Gasteiger partial charge on any atom is 0.410 e. The molecule has 1 aromatic rings. The Balaban J connectivity index is 1.62. The van der Waals surface area contributed by atoms with Crippen LogP contribution in [-0.4, -0.2) is 67.4 Å². The highest BCUT2D eigenvalue weighted by molar-refractivity contribution is 5.77. The molecule has 0 saturated carbocycles. The molecule has 0 bridgehead atoms. The van der Waals surface area contributed by atoms with Crippen LogP contribution >= 0.6 is 0 Å².